The van der Waals surface area contributed by atoms with E-state index < -0.39 is 0 Å². The van der Waals surface area contributed by atoms with E-state index in [0.717, 1.165) is 233 Å². The second kappa shape index (κ2) is 61.0. The molecule has 0 aromatic heterocycles. The Kier molecular flexibility index (Phi) is 55.3. The van der Waals surface area contributed by atoms with Crippen LogP contribution in [0, 0.1) is 45.8 Å². The number of hydrogen-bond donors (Lipinski definition) is 10. The minimum Gasteiger partial charge on any atom is -0.447 e. The summed E-state index contributed by atoms with van der Waals surface area (Å²) in [7, 11) is 1.76. The van der Waals surface area contributed by atoms with E-state index in [1.807, 2.05) is 28.5 Å². The average molecular weight is 1890 g/mol. The predicted molar refractivity (Wildman–Crippen MR) is 540 cm³/mol. The van der Waals surface area contributed by atoms with E-state index in [1.54, 1.807) is 7.11 Å². The molecule has 0 bridgehead atoms. The largest absolute Gasteiger partial charge is 0.447 e. The van der Waals surface area contributed by atoms with Crippen LogP contribution >= 0.6 is 0 Å². The molecule has 32 heteroatoms. The Balaban J connectivity index is 0.000000327. The van der Waals surface area contributed by atoms with Crippen molar-refractivity contribution in [1.29, 1.82) is 0 Å². The molecule has 0 spiro atoms. The summed E-state index contributed by atoms with van der Waals surface area (Å²) in [6.45, 7) is 87.9. The van der Waals surface area contributed by atoms with Gasteiger partial charge in [0.1, 0.15) is 0 Å². The zero-order valence-corrected chi connectivity index (χ0v) is 89.6. The molecule has 0 aromatic rings. The zero-order chi connectivity index (χ0) is 99.3. The Hall–Kier alpha value is -4.78. The van der Waals surface area contributed by atoms with Gasteiger partial charge in [0.15, 0.2) is 0 Å². The normalized spacial score (nSPS) is 22.4. The van der Waals surface area contributed by atoms with Gasteiger partial charge in [-0.05, 0) is 266 Å². The average Bonchev–Trinajstić information content (AvgIpc) is 1.31. The van der Waals surface area contributed by atoms with Gasteiger partial charge in [0.25, 0.3) is 0 Å². The summed E-state index contributed by atoms with van der Waals surface area (Å²) in [5, 5.41) is 23.9. The highest BCUT2D eigenvalue weighted by atomic mass is 16.6. The van der Waals surface area contributed by atoms with E-state index in [2.05, 4.69) is 231 Å². The fraction of sp³-hybridized carbons (Fsp3) is 0.941. The van der Waals surface area contributed by atoms with Crippen LogP contribution in [0.4, 0.5) is 24.0 Å². The van der Waals surface area contributed by atoms with Gasteiger partial charge in [0.2, 0.25) is 5.91 Å². The highest BCUT2D eigenvalue weighted by Crippen LogP contribution is 2.37. The van der Waals surface area contributed by atoms with Crippen LogP contribution in [-0.4, -0.2) is 388 Å². The maximum atomic E-state index is 12.4. The van der Waals surface area contributed by atoms with Crippen LogP contribution in [0.1, 0.15) is 263 Å². The van der Waals surface area contributed by atoms with Crippen molar-refractivity contribution >= 4 is 36.1 Å². The molecule has 4 unspecified atom stereocenters. The molecule has 9 heterocycles. The minimum absolute atomic E-state index is 0.0272. The van der Waals surface area contributed by atoms with E-state index in [-0.39, 0.29) is 82.7 Å². The van der Waals surface area contributed by atoms with Crippen LogP contribution in [0.2, 0.25) is 0 Å². The Morgan fingerprint density at radius 3 is 1.12 bits per heavy atom. The van der Waals surface area contributed by atoms with Crippen LogP contribution in [0.15, 0.2) is 0 Å². The molecule has 133 heavy (non-hydrogen) atoms. The van der Waals surface area contributed by atoms with Crippen molar-refractivity contribution in [3.63, 3.8) is 0 Å². The third-order valence-electron chi connectivity index (χ3n) is 27.6. The van der Waals surface area contributed by atoms with Crippen LogP contribution in [0.25, 0.3) is 0 Å². The molecular formula is C101H203N19O13. The number of carbonyl (C=O) groups is 6. The van der Waals surface area contributed by atoms with Gasteiger partial charge >= 0.3 is 30.2 Å². The van der Waals surface area contributed by atoms with Gasteiger partial charge in [-0.2, -0.15) is 0 Å². The third kappa shape index (κ3) is 51.8. The van der Waals surface area contributed by atoms with E-state index in [1.165, 1.54) is 45.7 Å². The lowest BCUT2D eigenvalue weighted by Gasteiger charge is -2.41. The number of ether oxygens (including phenoxy) is 7. The van der Waals surface area contributed by atoms with Crippen LogP contribution in [0.3, 0.4) is 0 Å². The number of urea groups is 4. The summed E-state index contributed by atoms with van der Waals surface area (Å²) in [5.74, 6) is 3.43. The van der Waals surface area contributed by atoms with Gasteiger partial charge < -0.3 is 112 Å². The number of nitrogens with zero attached hydrogens (tertiary/aromatic N) is 9. The van der Waals surface area contributed by atoms with Crippen molar-refractivity contribution in [2.24, 2.45) is 57.3 Å². The molecule has 10 aliphatic rings. The number of likely N-dealkylation sites (tertiary alicyclic amines) is 5. The predicted octanol–water partition coefficient (Wildman–Crippen LogP) is 11.4. The summed E-state index contributed by atoms with van der Waals surface area (Å²) >= 11 is 0. The van der Waals surface area contributed by atoms with Crippen molar-refractivity contribution in [3.8, 4) is 0 Å². The van der Waals surface area contributed by atoms with Gasteiger partial charge in [-0.3, -0.25) is 24.4 Å². The van der Waals surface area contributed by atoms with Gasteiger partial charge in [-0.15, -0.1) is 0 Å². The second-order valence-electron chi connectivity index (χ2n) is 46.4. The first kappa shape index (κ1) is 121. The second-order valence-corrected chi connectivity index (χ2v) is 46.4. The van der Waals surface area contributed by atoms with Gasteiger partial charge in [-0.1, -0.05) is 62.3 Å². The number of hydrogen-bond acceptors (Lipinski definition) is 22. The first-order valence-electron chi connectivity index (χ1n) is 51.7. The summed E-state index contributed by atoms with van der Waals surface area (Å²) < 4.78 is 38.2. The first-order chi connectivity index (χ1) is 62.3. The lowest BCUT2D eigenvalue weighted by atomic mass is 9.75. The minimum atomic E-state index is -0.374. The topological polar surface area (TPSA) is 344 Å². The Morgan fingerprint density at radius 1 is 0.398 bits per heavy atom. The smallest absolute Gasteiger partial charge is 0.407 e. The fourth-order valence-electron chi connectivity index (χ4n) is 18.1. The molecule has 32 nitrogen and oxygen atoms in total. The molecule has 9 saturated heterocycles. The van der Waals surface area contributed by atoms with Crippen molar-refractivity contribution in [2.45, 2.75) is 328 Å². The van der Waals surface area contributed by atoms with Crippen LogP contribution in [0.5, 0.6) is 0 Å². The summed E-state index contributed by atoms with van der Waals surface area (Å²) in [4.78, 5) is 91.0. The first-order valence-corrected chi connectivity index (χ1v) is 51.7. The number of morpholine rings is 4. The van der Waals surface area contributed by atoms with Crippen LogP contribution in [-0.2, 0) is 38.0 Å². The molecule has 780 valence electrons. The molecule has 9 aliphatic heterocycles. The number of methoxy groups -OCH3 is 1. The van der Waals surface area contributed by atoms with Crippen LogP contribution < -0.4 is 54.0 Å². The Morgan fingerprint density at radius 2 is 0.767 bits per heavy atom. The number of piperidine rings is 5. The molecular weight excluding hydrogens is 1690 g/mol. The monoisotopic (exact) mass is 1890 g/mol. The molecule has 0 aromatic carbocycles. The lowest BCUT2D eigenvalue weighted by Crippen LogP contribution is -2.54. The van der Waals surface area contributed by atoms with E-state index in [9.17, 15) is 28.8 Å². The number of nitrogens with one attached hydrogen (secondary N) is 8. The standard InChI is InChI=1S/C19H37N3O2.C19H37N3O.C15H29N3O2.C13H25N3O2.C13H26N2O3.C11H25N3O.C11H24N2O2/c1-19(2,3)17-7-11-22(12-8-17)18(23)20-15-16-5-9-21(10-6-16)13-14-24-4;1-15(2)21-10-6-16(7-11-21)14-20-18(23)22-12-8-17(9-13-22)19(3,4)5;1-12(19)16-8-5-9-17-14(20)18-10-6-13(7-11-18)15(2,3)4;1-13(2,3)16-6-7-18-11(9-16)8-14-12(17)15-10-4-5-10;1-10(2)18-12(16)14-8-11-9-15(6-7-17-11)13(3,4)5;1-11(2,3)14-6-7-15-10(9-14)8-13-5-4-12;1-11(2,3)13-5-7-15-10(8-13)9-14-6-4-12/h16-17H,5-15H2,1-4H3,(H,20,23);15-17H,6-14H2,1-5H3,(H,20,23);13H,5-11H2,1-4H3,(H,16,19)(H,17,20);10-11H,4-9H2,1-3H3,(H2,14,15,17);10-11H,6-9H2,1-5H3,(H,14,16);10,13H,4-9,12H2,1-3H3;10H,4-9,12H2,1-3H3. The molecule has 10 rings (SSSR count). The summed E-state index contributed by atoms with van der Waals surface area (Å²) in [5.41, 5.74) is 12.6. The highest BCUT2D eigenvalue weighted by molar-refractivity contribution is 5.76. The number of rotatable bonds is 26. The SMILES string of the molecule is CC(=O)NCCCNC(=O)N1CCC(C(C)(C)C)CC1.CC(C)(C)N1CCOC(CNC(=O)NC2CC2)C1.CC(C)(C)N1CCOC(CNCCN)C1.CC(C)(C)N1CCOC(COCCN)C1.CC(C)N1CCC(CNC(=O)N2CCC(C(C)(C)C)CC2)CC1.CC(C)OC(=O)NCC1CN(C(C)(C)C)CCO1.COCCN1CCC(CNC(=O)N2CCC(C(C)(C)C)CC2)CC1. The van der Waals surface area contributed by atoms with Crippen molar-refractivity contribution in [1.82, 2.24) is 86.6 Å². The molecule has 0 radical (unpaired) electrons. The molecule has 12 N–H and O–H groups in total. The lowest BCUT2D eigenvalue weighted by molar-refractivity contribution is -0.118. The zero-order valence-electron chi connectivity index (χ0n) is 89.6. The molecule has 4 atom stereocenters. The maximum absolute atomic E-state index is 12.4. The summed E-state index contributed by atoms with van der Waals surface area (Å²) in [6.07, 6.45) is 14.7. The number of nitrogens with two attached hydrogens (primary N) is 2. The van der Waals surface area contributed by atoms with E-state index >= 15 is 0 Å². The fourth-order valence-corrected chi connectivity index (χ4v) is 18.1. The molecule has 1 saturated carbocycles. The molecule has 1 aliphatic carbocycles. The van der Waals surface area contributed by atoms with E-state index in [0.29, 0.717) is 111 Å². The van der Waals surface area contributed by atoms with E-state index in [4.69, 9.17) is 44.6 Å². The van der Waals surface area contributed by atoms with Crippen molar-refractivity contribution in [2.75, 3.05) is 243 Å². The third-order valence-corrected chi connectivity index (χ3v) is 27.6. The Bertz CT molecular complexity index is 3060. The van der Waals surface area contributed by atoms with Gasteiger partial charge in [0, 0.05) is 212 Å². The Labute approximate surface area is 809 Å². The van der Waals surface area contributed by atoms with Gasteiger partial charge in [-0.25, -0.2) is 24.0 Å². The molecule has 10 amide bonds. The molecule has 10 fully saturated rings. The quantitative estimate of drug-likeness (QED) is 0.0360. The number of amides is 10. The maximum Gasteiger partial charge on any atom is 0.407 e. The number of alkyl carbamates (subject to hydrolysis) is 1. The van der Waals surface area contributed by atoms with Crippen molar-refractivity contribution in [3.05, 3.63) is 0 Å². The van der Waals surface area contributed by atoms with Crippen molar-refractivity contribution < 1.29 is 61.9 Å². The van der Waals surface area contributed by atoms with Gasteiger partial charge in [0.05, 0.1) is 76.8 Å². The highest BCUT2D eigenvalue weighted by Gasteiger charge is 2.38. The number of carbonyl (C=O) groups excluding carboxylic acids is 6. The summed E-state index contributed by atoms with van der Waals surface area (Å²) in [6, 6.07) is 1.32.